The van der Waals surface area contributed by atoms with Crippen molar-refractivity contribution in [2.75, 3.05) is 31.5 Å². The topological polar surface area (TPSA) is 78.7 Å². The number of hydrogen-bond acceptors (Lipinski definition) is 4. The number of piperidine rings is 1. The average molecular weight is 396 g/mol. The number of carbonyl (C=O) groups is 2. The Hall–Kier alpha value is -2.83. The lowest BCUT2D eigenvalue weighted by atomic mass is 9.97. The molecule has 3 amide bonds. The van der Waals surface area contributed by atoms with Gasteiger partial charge in [-0.15, -0.1) is 0 Å². The van der Waals surface area contributed by atoms with Crippen LogP contribution in [-0.4, -0.2) is 52.9 Å². The number of aryl methyl sites for hydroxylation is 2. The number of nitrogens with one attached hydrogen (secondary N) is 1. The first-order valence-electron chi connectivity index (χ1n) is 10.4. The maximum atomic E-state index is 12.6. The lowest BCUT2D eigenvalue weighted by Crippen LogP contribution is -2.40. The fourth-order valence-corrected chi connectivity index (χ4v) is 4.10. The summed E-state index contributed by atoms with van der Waals surface area (Å²) in [7, 11) is 0. The van der Waals surface area contributed by atoms with E-state index < -0.39 is 0 Å². The molecule has 7 nitrogen and oxygen atoms in total. The Morgan fingerprint density at radius 1 is 1.03 bits per heavy atom. The number of anilines is 1. The predicted molar refractivity (Wildman–Crippen MR) is 110 cm³/mol. The van der Waals surface area contributed by atoms with E-state index in [1.54, 1.807) is 0 Å². The summed E-state index contributed by atoms with van der Waals surface area (Å²) in [5, 5.41) is 2.99. The molecular weight excluding hydrogens is 368 g/mol. The van der Waals surface area contributed by atoms with Crippen molar-refractivity contribution < 1.29 is 14.0 Å². The summed E-state index contributed by atoms with van der Waals surface area (Å²) in [6.45, 7) is 6.67. The number of amides is 3. The molecule has 2 saturated heterocycles. The van der Waals surface area contributed by atoms with Gasteiger partial charge in [-0.1, -0.05) is 18.2 Å². The van der Waals surface area contributed by atoms with Gasteiger partial charge in [0.1, 0.15) is 5.76 Å². The molecule has 3 heterocycles. The fraction of sp³-hybridized carbons (Fsp3) is 0.500. The molecule has 7 heteroatoms. The van der Waals surface area contributed by atoms with E-state index in [-0.39, 0.29) is 17.9 Å². The van der Waals surface area contributed by atoms with E-state index in [9.17, 15) is 9.59 Å². The van der Waals surface area contributed by atoms with E-state index in [4.69, 9.17) is 4.42 Å². The van der Waals surface area contributed by atoms with Gasteiger partial charge in [-0.05, 0) is 51.2 Å². The highest BCUT2D eigenvalue weighted by Crippen LogP contribution is 2.30. The molecule has 0 saturated carbocycles. The Labute approximate surface area is 171 Å². The standard InChI is InChI=1S/C22H28N4O3/c1-15-7-3-4-8-18(15)23-22(28)26-13-9-17(10-14-26)20-24-19(16(2)29-20)21(27)25-11-5-6-12-25/h3-4,7-8,17H,5-6,9-14H2,1-2H3,(H,23,28). The van der Waals surface area contributed by atoms with E-state index in [2.05, 4.69) is 10.3 Å². The van der Waals surface area contributed by atoms with Gasteiger partial charge in [0.25, 0.3) is 5.91 Å². The molecule has 4 rings (SSSR count). The third-order valence-corrected chi connectivity index (χ3v) is 5.93. The van der Waals surface area contributed by atoms with E-state index >= 15 is 0 Å². The van der Waals surface area contributed by atoms with Crippen molar-refractivity contribution in [3.8, 4) is 0 Å². The van der Waals surface area contributed by atoms with Crippen LogP contribution in [0.15, 0.2) is 28.7 Å². The van der Waals surface area contributed by atoms with Gasteiger partial charge in [-0.2, -0.15) is 0 Å². The van der Waals surface area contributed by atoms with Crippen LogP contribution in [0.25, 0.3) is 0 Å². The van der Waals surface area contributed by atoms with Gasteiger partial charge in [-0.25, -0.2) is 9.78 Å². The Balaban J connectivity index is 1.36. The van der Waals surface area contributed by atoms with E-state index in [1.165, 1.54) is 0 Å². The summed E-state index contributed by atoms with van der Waals surface area (Å²) < 4.78 is 5.86. The number of carbonyl (C=O) groups excluding carboxylic acids is 2. The number of likely N-dealkylation sites (tertiary alicyclic amines) is 2. The van der Waals surface area contributed by atoms with Crippen LogP contribution < -0.4 is 5.32 Å². The highest BCUT2D eigenvalue weighted by atomic mass is 16.4. The van der Waals surface area contributed by atoms with Crippen molar-refractivity contribution in [2.45, 2.75) is 45.4 Å². The van der Waals surface area contributed by atoms with Gasteiger partial charge in [0.2, 0.25) is 0 Å². The number of para-hydroxylation sites is 1. The van der Waals surface area contributed by atoms with Crippen LogP contribution in [-0.2, 0) is 0 Å². The SMILES string of the molecule is Cc1ccccc1NC(=O)N1CCC(c2nc(C(=O)N3CCCC3)c(C)o2)CC1. The molecule has 2 aliphatic heterocycles. The normalized spacial score (nSPS) is 17.6. The Morgan fingerprint density at radius 3 is 2.41 bits per heavy atom. The minimum atomic E-state index is -0.0776. The van der Waals surface area contributed by atoms with Crippen LogP contribution in [0.2, 0.25) is 0 Å². The summed E-state index contributed by atoms with van der Waals surface area (Å²) in [6, 6.07) is 7.69. The molecule has 0 spiro atoms. The van der Waals surface area contributed by atoms with Crippen LogP contribution in [0, 0.1) is 13.8 Å². The van der Waals surface area contributed by atoms with E-state index in [0.29, 0.717) is 30.4 Å². The zero-order chi connectivity index (χ0) is 20.4. The van der Waals surface area contributed by atoms with Crippen molar-refractivity contribution in [1.82, 2.24) is 14.8 Å². The molecule has 1 aromatic heterocycles. The second-order valence-corrected chi connectivity index (χ2v) is 7.96. The van der Waals surface area contributed by atoms with Gasteiger partial charge < -0.3 is 19.5 Å². The highest BCUT2D eigenvalue weighted by Gasteiger charge is 2.30. The zero-order valence-corrected chi connectivity index (χ0v) is 17.1. The monoisotopic (exact) mass is 396 g/mol. The summed E-state index contributed by atoms with van der Waals surface area (Å²) in [5.41, 5.74) is 2.33. The molecule has 29 heavy (non-hydrogen) atoms. The Kier molecular flexibility index (Phi) is 5.56. The number of oxazole rings is 1. The third-order valence-electron chi connectivity index (χ3n) is 5.93. The van der Waals surface area contributed by atoms with Crippen LogP contribution in [0.3, 0.4) is 0 Å². The molecule has 0 atom stereocenters. The first-order chi connectivity index (χ1) is 14.0. The van der Waals surface area contributed by atoms with Crippen molar-refractivity contribution in [2.24, 2.45) is 0 Å². The van der Waals surface area contributed by atoms with Crippen molar-refractivity contribution in [3.63, 3.8) is 0 Å². The minimum Gasteiger partial charge on any atom is -0.445 e. The lowest BCUT2D eigenvalue weighted by Gasteiger charge is -2.30. The summed E-state index contributed by atoms with van der Waals surface area (Å²) >= 11 is 0. The van der Waals surface area contributed by atoms with Gasteiger partial charge in [0.05, 0.1) is 0 Å². The number of urea groups is 1. The minimum absolute atomic E-state index is 0.0231. The van der Waals surface area contributed by atoms with Crippen molar-refractivity contribution in [1.29, 1.82) is 0 Å². The molecule has 154 valence electrons. The van der Waals surface area contributed by atoms with Crippen LogP contribution in [0.1, 0.15) is 59.3 Å². The number of hydrogen-bond donors (Lipinski definition) is 1. The zero-order valence-electron chi connectivity index (χ0n) is 17.1. The molecule has 1 aromatic carbocycles. The highest BCUT2D eigenvalue weighted by molar-refractivity contribution is 5.93. The quantitative estimate of drug-likeness (QED) is 0.852. The third kappa shape index (κ3) is 4.13. The maximum Gasteiger partial charge on any atom is 0.321 e. The molecular formula is C22H28N4O3. The van der Waals surface area contributed by atoms with Crippen molar-refractivity contribution in [3.05, 3.63) is 47.2 Å². The van der Waals surface area contributed by atoms with E-state index in [0.717, 1.165) is 50.0 Å². The first kappa shape index (κ1) is 19.5. The van der Waals surface area contributed by atoms with Gasteiger partial charge in [0.15, 0.2) is 11.6 Å². The van der Waals surface area contributed by atoms with Crippen molar-refractivity contribution >= 4 is 17.6 Å². The van der Waals surface area contributed by atoms with Gasteiger partial charge in [-0.3, -0.25) is 4.79 Å². The fourth-order valence-electron chi connectivity index (χ4n) is 4.10. The number of benzene rings is 1. The van der Waals surface area contributed by atoms with Gasteiger partial charge >= 0.3 is 6.03 Å². The molecule has 0 aliphatic carbocycles. The molecule has 2 fully saturated rings. The second-order valence-electron chi connectivity index (χ2n) is 7.96. The summed E-state index contributed by atoms with van der Waals surface area (Å²) in [4.78, 5) is 33.5. The largest absolute Gasteiger partial charge is 0.445 e. The molecule has 2 aliphatic rings. The number of aromatic nitrogens is 1. The smallest absolute Gasteiger partial charge is 0.321 e. The molecule has 0 radical (unpaired) electrons. The second kappa shape index (κ2) is 8.27. The summed E-state index contributed by atoms with van der Waals surface area (Å²) in [6.07, 6.45) is 3.66. The van der Waals surface area contributed by atoms with Gasteiger partial charge in [0, 0.05) is 37.8 Å². The Morgan fingerprint density at radius 2 is 1.72 bits per heavy atom. The van der Waals surface area contributed by atoms with Crippen LogP contribution >= 0.6 is 0 Å². The number of nitrogens with zero attached hydrogens (tertiary/aromatic N) is 3. The summed E-state index contributed by atoms with van der Waals surface area (Å²) in [5.74, 6) is 1.34. The molecule has 0 bridgehead atoms. The van der Waals surface area contributed by atoms with E-state index in [1.807, 2.05) is 47.9 Å². The first-order valence-corrected chi connectivity index (χ1v) is 10.4. The lowest BCUT2D eigenvalue weighted by molar-refractivity contribution is 0.0786. The molecule has 1 N–H and O–H groups in total. The van der Waals surface area contributed by atoms with Crippen LogP contribution in [0.5, 0.6) is 0 Å². The Bertz CT molecular complexity index is 893. The maximum absolute atomic E-state index is 12.6. The predicted octanol–water partition coefficient (Wildman–Crippen LogP) is 3.94. The molecule has 2 aromatic rings. The van der Waals surface area contributed by atoms with Crippen LogP contribution in [0.4, 0.5) is 10.5 Å². The number of rotatable bonds is 3. The molecule has 0 unspecified atom stereocenters. The average Bonchev–Trinajstić information content (AvgIpc) is 3.39.